The highest BCUT2D eigenvalue weighted by molar-refractivity contribution is 7.92. The Morgan fingerprint density at radius 2 is 1.49 bits per heavy atom. The van der Waals surface area contributed by atoms with Crippen molar-refractivity contribution < 1.29 is 18.0 Å². The van der Waals surface area contributed by atoms with Gasteiger partial charge in [-0.1, -0.05) is 42.8 Å². The quantitative estimate of drug-likeness (QED) is 0.560. The molecule has 2 aromatic rings. The Morgan fingerprint density at radius 3 is 1.94 bits per heavy atom. The van der Waals surface area contributed by atoms with Crippen LogP contribution in [0.15, 0.2) is 42.5 Å². The molecule has 0 radical (unpaired) electrons. The third-order valence-electron chi connectivity index (χ3n) is 5.53. The molecule has 2 amide bonds. The van der Waals surface area contributed by atoms with Crippen LogP contribution < -0.4 is 9.62 Å². The lowest BCUT2D eigenvalue weighted by atomic mass is 10.1. The second-order valence-corrected chi connectivity index (χ2v) is 12.2. The van der Waals surface area contributed by atoms with Crippen molar-refractivity contribution in [3.63, 3.8) is 0 Å². The molecular weight excluding hydrogens is 462 g/mol. The standard InChI is InChI=1S/C27H39N3O4S/c1-9-24(26(32)28-27(5,6)7)29(17-22-12-10-19(2)11-13-22)25(31)18-30(35(8,33)34)23-15-20(3)14-21(4)16-23/h10-16,24H,9,17-18H2,1-8H3,(H,28,32). The van der Waals surface area contributed by atoms with Crippen molar-refractivity contribution in [1.82, 2.24) is 10.2 Å². The van der Waals surface area contributed by atoms with E-state index in [0.29, 0.717) is 12.1 Å². The molecular formula is C27H39N3O4S. The zero-order chi connectivity index (χ0) is 26.6. The molecule has 1 atom stereocenters. The number of nitrogens with one attached hydrogen (secondary N) is 1. The summed E-state index contributed by atoms with van der Waals surface area (Å²) in [4.78, 5) is 28.4. The fourth-order valence-corrected chi connectivity index (χ4v) is 4.80. The molecule has 0 aromatic heterocycles. The third-order valence-corrected chi connectivity index (χ3v) is 6.67. The van der Waals surface area contributed by atoms with E-state index in [-0.39, 0.29) is 12.5 Å². The van der Waals surface area contributed by atoms with Crippen LogP contribution in [0.4, 0.5) is 5.69 Å². The van der Waals surface area contributed by atoms with Gasteiger partial charge in [-0.05, 0) is 76.8 Å². The molecule has 0 aliphatic rings. The lowest BCUT2D eigenvalue weighted by Crippen LogP contribution is -2.55. The number of sulfonamides is 1. The van der Waals surface area contributed by atoms with E-state index < -0.39 is 34.1 Å². The Kier molecular flexibility index (Phi) is 9.11. The molecule has 7 nitrogen and oxygen atoms in total. The molecule has 2 rings (SSSR count). The number of benzene rings is 2. The number of amides is 2. The molecule has 2 aromatic carbocycles. The summed E-state index contributed by atoms with van der Waals surface area (Å²) in [5, 5.41) is 2.97. The number of rotatable bonds is 9. The summed E-state index contributed by atoms with van der Waals surface area (Å²) >= 11 is 0. The summed E-state index contributed by atoms with van der Waals surface area (Å²) in [6.07, 6.45) is 1.48. The van der Waals surface area contributed by atoms with Gasteiger partial charge in [0, 0.05) is 12.1 Å². The largest absolute Gasteiger partial charge is 0.350 e. The molecule has 0 heterocycles. The number of anilines is 1. The fraction of sp³-hybridized carbons (Fsp3) is 0.481. The second-order valence-electron chi connectivity index (χ2n) is 10.3. The highest BCUT2D eigenvalue weighted by Crippen LogP contribution is 2.23. The Bertz CT molecular complexity index is 1130. The van der Waals surface area contributed by atoms with E-state index in [1.165, 1.54) is 4.90 Å². The Balaban J connectivity index is 2.48. The van der Waals surface area contributed by atoms with Gasteiger partial charge < -0.3 is 10.2 Å². The van der Waals surface area contributed by atoms with Crippen LogP contribution in [0.1, 0.15) is 56.4 Å². The fourth-order valence-electron chi connectivity index (χ4n) is 3.97. The van der Waals surface area contributed by atoms with Gasteiger partial charge in [0.1, 0.15) is 12.6 Å². The van der Waals surface area contributed by atoms with Crippen molar-refractivity contribution >= 4 is 27.5 Å². The van der Waals surface area contributed by atoms with E-state index in [1.54, 1.807) is 12.1 Å². The molecule has 0 fully saturated rings. The van der Waals surface area contributed by atoms with Crippen molar-refractivity contribution in [3.8, 4) is 0 Å². The molecule has 0 saturated carbocycles. The van der Waals surface area contributed by atoms with Crippen LogP contribution in [0.2, 0.25) is 0 Å². The van der Waals surface area contributed by atoms with Gasteiger partial charge in [0.05, 0.1) is 11.9 Å². The molecule has 0 aliphatic carbocycles. The van der Waals surface area contributed by atoms with Crippen molar-refractivity contribution in [2.45, 2.75) is 73.0 Å². The van der Waals surface area contributed by atoms with E-state index in [1.807, 2.05) is 78.8 Å². The Morgan fingerprint density at radius 1 is 0.943 bits per heavy atom. The zero-order valence-corrected chi connectivity index (χ0v) is 23.0. The number of hydrogen-bond acceptors (Lipinski definition) is 4. The SMILES string of the molecule is CCC(C(=O)NC(C)(C)C)N(Cc1ccc(C)cc1)C(=O)CN(c1cc(C)cc(C)c1)S(C)(=O)=O. The van der Waals surface area contributed by atoms with Gasteiger partial charge in [0.15, 0.2) is 0 Å². The summed E-state index contributed by atoms with van der Waals surface area (Å²) in [6.45, 7) is 13.0. The van der Waals surface area contributed by atoms with Crippen LogP contribution >= 0.6 is 0 Å². The van der Waals surface area contributed by atoms with Crippen LogP contribution in [-0.4, -0.2) is 49.5 Å². The molecule has 0 spiro atoms. The number of hydrogen-bond donors (Lipinski definition) is 1. The first-order valence-corrected chi connectivity index (χ1v) is 13.7. The summed E-state index contributed by atoms with van der Waals surface area (Å²) in [5.41, 5.74) is 3.70. The number of aryl methyl sites for hydroxylation is 3. The van der Waals surface area contributed by atoms with Gasteiger partial charge in [-0.25, -0.2) is 8.42 Å². The van der Waals surface area contributed by atoms with Crippen LogP contribution in [0.25, 0.3) is 0 Å². The second kappa shape index (κ2) is 11.2. The van der Waals surface area contributed by atoms with Gasteiger partial charge >= 0.3 is 0 Å². The summed E-state index contributed by atoms with van der Waals surface area (Å²) in [7, 11) is -3.75. The maximum absolute atomic E-state index is 13.7. The maximum atomic E-state index is 13.7. The van der Waals surface area contributed by atoms with Crippen LogP contribution in [0.3, 0.4) is 0 Å². The smallest absolute Gasteiger partial charge is 0.244 e. The first kappa shape index (κ1) is 28.4. The van der Waals surface area contributed by atoms with E-state index in [4.69, 9.17) is 0 Å². The summed E-state index contributed by atoms with van der Waals surface area (Å²) in [5.74, 6) is -0.705. The lowest BCUT2D eigenvalue weighted by Gasteiger charge is -2.34. The highest BCUT2D eigenvalue weighted by Gasteiger charge is 2.33. The normalized spacial score (nSPS) is 12.7. The van der Waals surface area contributed by atoms with Crippen LogP contribution in [-0.2, 0) is 26.2 Å². The minimum atomic E-state index is -3.75. The summed E-state index contributed by atoms with van der Waals surface area (Å²) in [6, 6.07) is 12.4. The first-order valence-electron chi connectivity index (χ1n) is 11.8. The maximum Gasteiger partial charge on any atom is 0.244 e. The van der Waals surface area contributed by atoms with E-state index in [0.717, 1.165) is 32.8 Å². The minimum absolute atomic E-state index is 0.194. The number of carbonyl (C=O) groups excluding carboxylic acids is 2. The lowest BCUT2D eigenvalue weighted by molar-refractivity contribution is -0.141. The van der Waals surface area contributed by atoms with Crippen molar-refractivity contribution in [1.29, 1.82) is 0 Å². The van der Waals surface area contributed by atoms with Crippen LogP contribution in [0.5, 0.6) is 0 Å². The number of carbonyl (C=O) groups is 2. The molecule has 0 aliphatic heterocycles. The zero-order valence-electron chi connectivity index (χ0n) is 22.2. The molecule has 35 heavy (non-hydrogen) atoms. The van der Waals surface area contributed by atoms with Crippen molar-refractivity contribution in [2.75, 3.05) is 17.1 Å². The molecule has 8 heteroatoms. The van der Waals surface area contributed by atoms with Gasteiger partial charge in [0.25, 0.3) is 0 Å². The number of nitrogens with zero attached hydrogens (tertiary/aromatic N) is 2. The Labute approximate surface area is 210 Å². The van der Waals surface area contributed by atoms with Gasteiger partial charge in [-0.2, -0.15) is 0 Å². The third kappa shape index (κ3) is 8.38. The first-order chi connectivity index (χ1) is 16.1. The predicted molar refractivity (Wildman–Crippen MR) is 142 cm³/mol. The summed E-state index contributed by atoms with van der Waals surface area (Å²) < 4.78 is 26.6. The average Bonchev–Trinajstić information content (AvgIpc) is 2.70. The molecule has 0 bridgehead atoms. The van der Waals surface area contributed by atoms with Crippen LogP contribution in [0, 0.1) is 20.8 Å². The highest BCUT2D eigenvalue weighted by atomic mass is 32.2. The minimum Gasteiger partial charge on any atom is -0.350 e. The van der Waals surface area contributed by atoms with Gasteiger partial charge in [-0.15, -0.1) is 0 Å². The monoisotopic (exact) mass is 501 g/mol. The predicted octanol–water partition coefficient (Wildman–Crippen LogP) is 4.10. The molecule has 192 valence electrons. The molecule has 0 saturated heterocycles. The Hall–Kier alpha value is -2.87. The van der Waals surface area contributed by atoms with Gasteiger partial charge in [0.2, 0.25) is 21.8 Å². The average molecular weight is 502 g/mol. The molecule has 1 unspecified atom stereocenters. The van der Waals surface area contributed by atoms with E-state index in [9.17, 15) is 18.0 Å². The topological polar surface area (TPSA) is 86.8 Å². The van der Waals surface area contributed by atoms with Gasteiger partial charge in [-0.3, -0.25) is 13.9 Å². The molecule has 1 N–H and O–H groups in total. The van der Waals surface area contributed by atoms with E-state index >= 15 is 0 Å². The van der Waals surface area contributed by atoms with Crippen molar-refractivity contribution in [3.05, 3.63) is 64.7 Å². The van der Waals surface area contributed by atoms with Crippen molar-refractivity contribution in [2.24, 2.45) is 0 Å². The van der Waals surface area contributed by atoms with E-state index in [2.05, 4.69) is 5.32 Å².